The Morgan fingerprint density at radius 3 is 2.44 bits per heavy atom. The Labute approximate surface area is 110 Å². The zero-order chi connectivity index (χ0) is 13.6. The van der Waals surface area contributed by atoms with Crippen molar-refractivity contribution in [3.63, 3.8) is 0 Å². The highest BCUT2D eigenvalue weighted by atomic mass is 16.2. The zero-order valence-electron chi connectivity index (χ0n) is 11.8. The van der Waals surface area contributed by atoms with E-state index in [4.69, 9.17) is 0 Å². The maximum atomic E-state index is 12.2. The first-order valence-electron chi connectivity index (χ1n) is 6.55. The summed E-state index contributed by atoms with van der Waals surface area (Å²) >= 11 is 0. The van der Waals surface area contributed by atoms with Crippen molar-refractivity contribution in [3.8, 4) is 0 Å². The smallest absolute Gasteiger partial charge is 0.230 e. The van der Waals surface area contributed by atoms with Crippen LogP contribution in [0.4, 0.5) is 0 Å². The maximum Gasteiger partial charge on any atom is 0.230 e. The number of carbonyl (C=O) groups is 1. The summed E-state index contributed by atoms with van der Waals surface area (Å²) in [5, 5.41) is 6.28. The maximum absolute atomic E-state index is 12.2. The number of nitrogens with one attached hydrogen (secondary N) is 2. The molecule has 100 valence electrons. The van der Waals surface area contributed by atoms with Gasteiger partial charge >= 0.3 is 0 Å². The van der Waals surface area contributed by atoms with Crippen LogP contribution in [-0.4, -0.2) is 25.0 Å². The molecule has 0 aliphatic rings. The molecule has 0 fully saturated rings. The second-order valence-electron chi connectivity index (χ2n) is 5.16. The van der Waals surface area contributed by atoms with Crippen molar-refractivity contribution in [1.82, 2.24) is 10.6 Å². The van der Waals surface area contributed by atoms with E-state index in [2.05, 4.69) is 24.5 Å². The molecule has 0 spiro atoms. The predicted molar refractivity (Wildman–Crippen MR) is 75.6 cm³/mol. The molecule has 1 aromatic rings. The second-order valence-corrected chi connectivity index (χ2v) is 5.16. The molecular formula is C15H24N2O. The number of benzene rings is 1. The van der Waals surface area contributed by atoms with Crippen molar-refractivity contribution < 1.29 is 4.79 Å². The predicted octanol–water partition coefficient (Wildman–Crippen LogP) is 2.08. The summed E-state index contributed by atoms with van der Waals surface area (Å²) in [5.74, 6) is 0.0680. The molecule has 0 bridgehead atoms. The van der Waals surface area contributed by atoms with Gasteiger partial charge in [0.25, 0.3) is 0 Å². The minimum Gasteiger partial charge on any atom is -0.354 e. The number of rotatable bonds is 6. The van der Waals surface area contributed by atoms with E-state index in [1.807, 2.05) is 44.2 Å². The molecule has 0 aromatic heterocycles. The van der Waals surface area contributed by atoms with Gasteiger partial charge in [-0.15, -0.1) is 0 Å². The lowest BCUT2D eigenvalue weighted by molar-refractivity contribution is -0.125. The first-order valence-corrected chi connectivity index (χ1v) is 6.55. The first kappa shape index (κ1) is 14.7. The van der Waals surface area contributed by atoms with Crippen LogP contribution < -0.4 is 10.6 Å². The van der Waals surface area contributed by atoms with Gasteiger partial charge in [0.2, 0.25) is 5.91 Å². The van der Waals surface area contributed by atoms with E-state index in [0.717, 1.165) is 12.1 Å². The molecule has 0 aliphatic carbocycles. The topological polar surface area (TPSA) is 41.1 Å². The lowest BCUT2D eigenvalue weighted by Crippen LogP contribution is -2.45. The normalized spacial score (nSPS) is 13.1. The monoisotopic (exact) mass is 248 g/mol. The van der Waals surface area contributed by atoms with Crippen molar-refractivity contribution >= 4 is 5.91 Å². The highest BCUT2D eigenvalue weighted by Crippen LogP contribution is 2.22. The van der Waals surface area contributed by atoms with Crippen LogP contribution in [0.2, 0.25) is 0 Å². The molecule has 1 atom stereocenters. The minimum atomic E-state index is -0.493. The van der Waals surface area contributed by atoms with E-state index in [-0.39, 0.29) is 5.91 Å². The van der Waals surface area contributed by atoms with Gasteiger partial charge in [-0.2, -0.15) is 0 Å². The first-order chi connectivity index (χ1) is 8.48. The molecular weight excluding hydrogens is 224 g/mol. The molecule has 1 rings (SSSR count). The number of amides is 1. The van der Waals surface area contributed by atoms with Crippen LogP contribution in [0.5, 0.6) is 0 Å². The Kier molecular flexibility index (Phi) is 5.35. The Hall–Kier alpha value is -1.35. The van der Waals surface area contributed by atoms with Crippen LogP contribution in [0.25, 0.3) is 0 Å². The Morgan fingerprint density at radius 1 is 1.28 bits per heavy atom. The van der Waals surface area contributed by atoms with Crippen molar-refractivity contribution in [2.45, 2.75) is 39.2 Å². The molecule has 0 unspecified atom stereocenters. The largest absolute Gasteiger partial charge is 0.354 e. The summed E-state index contributed by atoms with van der Waals surface area (Å²) in [7, 11) is 0. The number of hydrogen-bond acceptors (Lipinski definition) is 2. The van der Waals surface area contributed by atoms with Crippen LogP contribution in [-0.2, 0) is 10.2 Å². The molecule has 0 radical (unpaired) electrons. The molecule has 1 amide bonds. The third-order valence-corrected chi connectivity index (χ3v) is 3.18. The third kappa shape index (κ3) is 3.84. The van der Waals surface area contributed by atoms with E-state index in [1.165, 1.54) is 0 Å². The number of likely N-dealkylation sites (N-methyl/N-ethyl adjacent to an activating group) is 1. The highest BCUT2D eigenvalue weighted by Gasteiger charge is 2.29. The standard InChI is InChI=1S/C15H24N2O/c1-5-16-12(2)11-17-14(18)15(3,4)13-9-7-6-8-10-13/h6-10,12,16H,5,11H2,1-4H3,(H,17,18)/t12-/m1/s1. The third-order valence-electron chi connectivity index (χ3n) is 3.18. The van der Waals surface area contributed by atoms with E-state index in [9.17, 15) is 4.79 Å². The van der Waals surface area contributed by atoms with Gasteiger partial charge in [-0.3, -0.25) is 4.79 Å². The van der Waals surface area contributed by atoms with Crippen LogP contribution in [0.1, 0.15) is 33.3 Å². The summed E-state index contributed by atoms with van der Waals surface area (Å²) < 4.78 is 0. The average molecular weight is 248 g/mol. The molecule has 0 saturated heterocycles. The average Bonchev–Trinajstić information content (AvgIpc) is 2.37. The molecule has 0 aliphatic heterocycles. The van der Waals surface area contributed by atoms with E-state index in [0.29, 0.717) is 12.6 Å². The van der Waals surface area contributed by atoms with Gasteiger partial charge in [0.05, 0.1) is 5.41 Å². The van der Waals surface area contributed by atoms with Crippen LogP contribution in [0, 0.1) is 0 Å². The van der Waals surface area contributed by atoms with Gasteiger partial charge in [0.1, 0.15) is 0 Å². The van der Waals surface area contributed by atoms with Crippen molar-refractivity contribution in [3.05, 3.63) is 35.9 Å². The molecule has 1 aromatic carbocycles. The van der Waals surface area contributed by atoms with Gasteiger partial charge in [-0.25, -0.2) is 0 Å². The molecule has 18 heavy (non-hydrogen) atoms. The summed E-state index contributed by atoms with van der Waals surface area (Å²) in [6.45, 7) is 9.61. The SMILES string of the molecule is CCN[C@H](C)CNC(=O)C(C)(C)c1ccccc1. The summed E-state index contributed by atoms with van der Waals surface area (Å²) in [6.07, 6.45) is 0. The lowest BCUT2D eigenvalue weighted by atomic mass is 9.84. The highest BCUT2D eigenvalue weighted by molar-refractivity contribution is 5.87. The van der Waals surface area contributed by atoms with Crippen molar-refractivity contribution in [1.29, 1.82) is 0 Å². The van der Waals surface area contributed by atoms with Gasteiger partial charge < -0.3 is 10.6 Å². The van der Waals surface area contributed by atoms with Crippen molar-refractivity contribution in [2.24, 2.45) is 0 Å². The van der Waals surface area contributed by atoms with E-state index >= 15 is 0 Å². The van der Waals surface area contributed by atoms with Gasteiger partial charge in [0.15, 0.2) is 0 Å². The molecule has 2 N–H and O–H groups in total. The van der Waals surface area contributed by atoms with E-state index < -0.39 is 5.41 Å². The minimum absolute atomic E-state index is 0.0680. The lowest BCUT2D eigenvalue weighted by Gasteiger charge is -2.25. The van der Waals surface area contributed by atoms with Gasteiger partial charge in [0, 0.05) is 12.6 Å². The molecule has 3 heteroatoms. The van der Waals surface area contributed by atoms with Crippen LogP contribution in [0.15, 0.2) is 30.3 Å². The van der Waals surface area contributed by atoms with Gasteiger partial charge in [-0.05, 0) is 32.9 Å². The fourth-order valence-corrected chi connectivity index (χ4v) is 1.87. The summed E-state index contributed by atoms with van der Waals surface area (Å²) in [4.78, 5) is 12.2. The number of carbonyl (C=O) groups excluding carboxylic acids is 1. The Bertz CT molecular complexity index is 373. The van der Waals surface area contributed by atoms with Crippen LogP contribution in [0.3, 0.4) is 0 Å². The zero-order valence-corrected chi connectivity index (χ0v) is 11.8. The summed E-state index contributed by atoms with van der Waals surface area (Å²) in [6, 6.07) is 10.2. The Balaban J connectivity index is 2.60. The van der Waals surface area contributed by atoms with Gasteiger partial charge in [-0.1, -0.05) is 37.3 Å². The molecule has 0 heterocycles. The molecule has 3 nitrogen and oxygen atoms in total. The Morgan fingerprint density at radius 2 is 1.89 bits per heavy atom. The second kappa shape index (κ2) is 6.55. The molecule has 0 saturated carbocycles. The fourth-order valence-electron chi connectivity index (χ4n) is 1.87. The van der Waals surface area contributed by atoms with Crippen molar-refractivity contribution in [2.75, 3.05) is 13.1 Å². The fraction of sp³-hybridized carbons (Fsp3) is 0.533. The summed E-state index contributed by atoms with van der Waals surface area (Å²) in [5.41, 5.74) is 0.548. The van der Waals surface area contributed by atoms with Crippen LogP contribution >= 0.6 is 0 Å². The number of hydrogen-bond donors (Lipinski definition) is 2. The quantitative estimate of drug-likeness (QED) is 0.809. The van der Waals surface area contributed by atoms with E-state index in [1.54, 1.807) is 0 Å².